The summed E-state index contributed by atoms with van der Waals surface area (Å²) >= 11 is 0. The first-order valence-electron chi connectivity index (χ1n) is 5.28. The lowest BCUT2D eigenvalue weighted by Crippen LogP contribution is -2.44. The van der Waals surface area contributed by atoms with E-state index >= 15 is 0 Å². The first kappa shape index (κ1) is 9.44. The Morgan fingerprint density at radius 2 is 1.85 bits per heavy atom. The Morgan fingerprint density at radius 3 is 2.62 bits per heavy atom. The molecule has 1 aliphatic heterocycles. The largest absolute Gasteiger partial charge is 0.394 e. The quantitative estimate of drug-likeness (QED) is 0.666. The minimum atomic E-state index is -0.0839. The molecule has 2 rings (SSSR count). The molecule has 76 valence electrons. The van der Waals surface area contributed by atoms with Crippen molar-refractivity contribution >= 4 is 0 Å². The maximum atomic E-state index is 8.95. The monoisotopic (exact) mass is 186 g/mol. The number of hydrogen-bond donors (Lipinski definition) is 1. The summed E-state index contributed by atoms with van der Waals surface area (Å²) in [7, 11) is 0. The number of hydrogen-bond acceptors (Lipinski definition) is 3. The van der Waals surface area contributed by atoms with Gasteiger partial charge in [0.2, 0.25) is 0 Å². The Kier molecular flexibility index (Phi) is 3.19. The van der Waals surface area contributed by atoms with Gasteiger partial charge in [0.1, 0.15) is 6.10 Å². The van der Waals surface area contributed by atoms with Crippen molar-refractivity contribution in [2.45, 2.75) is 50.4 Å². The highest BCUT2D eigenvalue weighted by atomic mass is 16.6. The van der Waals surface area contributed by atoms with Gasteiger partial charge in [0, 0.05) is 0 Å². The van der Waals surface area contributed by atoms with Gasteiger partial charge in [-0.3, -0.25) is 0 Å². The summed E-state index contributed by atoms with van der Waals surface area (Å²) in [6.07, 6.45) is 6.47. The lowest BCUT2D eigenvalue weighted by atomic mass is 10.1. The minimum Gasteiger partial charge on any atom is -0.394 e. The smallest absolute Gasteiger partial charge is 0.104 e. The molecule has 0 aromatic rings. The van der Waals surface area contributed by atoms with Crippen molar-refractivity contribution in [1.82, 2.24) is 0 Å². The van der Waals surface area contributed by atoms with E-state index < -0.39 is 0 Å². The van der Waals surface area contributed by atoms with E-state index in [4.69, 9.17) is 14.6 Å². The second kappa shape index (κ2) is 4.40. The Labute approximate surface area is 79.0 Å². The lowest BCUT2D eigenvalue weighted by molar-refractivity contribution is -0.190. The van der Waals surface area contributed by atoms with Crippen LogP contribution in [0.4, 0.5) is 0 Å². The van der Waals surface area contributed by atoms with E-state index in [1.165, 1.54) is 19.3 Å². The molecule has 0 aromatic heterocycles. The standard InChI is InChI=1S/C10H18O3/c11-6-8-7-12-9-4-2-1-3-5-10(9)13-8/h8-11H,1-7H2. The summed E-state index contributed by atoms with van der Waals surface area (Å²) < 4.78 is 11.4. The Balaban J connectivity index is 1.91. The van der Waals surface area contributed by atoms with Crippen LogP contribution in [0, 0.1) is 0 Å². The van der Waals surface area contributed by atoms with Crippen molar-refractivity contribution in [3.05, 3.63) is 0 Å². The molecule has 0 bridgehead atoms. The topological polar surface area (TPSA) is 38.7 Å². The predicted octanol–water partition coefficient (Wildman–Crippen LogP) is 1.10. The molecule has 1 heterocycles. The summed E-state index contributed by atoms with van der Waals surface area (Å²) in [6, 6.07) is 0. The summed E-state index contributed by atoms with van der Waals surface area (Å²) in [5.41, 5.74) is 0. The van der Waals surface area contributed by atoms with E-state index in [1.54, 1.807) is 0 Å². The van der Waals surface area contributed by atoms with Crippen LogP contribution >= 0.6 is 0 Å². The van der Waals surface area contributed by atoms with Crippen molar-refractivity contribution in [3.63, 3.8) is 0 Å². The van der Waals surface area contributed by atoms with Gasteiger partial charge in [-0.05, 0) is 12.8 Å². The molecule has 3 atom stereocenters. The van der Waals surface area contributed by atoms with Crippen molar-refractivity contribution in [2.75, 3.05) is 13.2 Å². The van der Waals surface area contributed by atoms with Gasteiger partial charge in [-0.2, -0.15) is 0 Å². The summed E-state index contributed by atoms with van der Waals surface area (Å²) in [4.78, 5) is 0. The van der Waals surface area contributed by atoms with Crippen LogP contribution in [0.2, 0.25) is 0 Å². The molecular formula is C10H18O3. The highest BCUT2D eigenvalue weighted by Gasteiger charge is 2.32. The van der Waals surface area contributed by atoms with Crippen molar-refractivity contribution in [1.29, 1.82) is 0 Å². The molecule has 1 N–H and O–H groups in total. The third-order valence-electron chi connectivity index (χ3n) is 2.96. The van der Waals surface area contributed by atoms with Crippen molar-refractivity contribution < 1.29 is 14.6 Å². The van der Waals surface area contributed by atoms with E-state index in [2.05, 4.69) is 0 Å². The number of fused-ring (bicyclic) bond motifs is 1. The van der Waals surface area contributed by atoms with E-state index in [-0.39, 0.29) is 18.8 Å². The summed E-state index contributed by atoms with van der Waals surface area (Å²) in [5, 5.41) is 8.95. The number of ether oxygens (including phenoxy) is 2. The van der Waals surface area contributed by atoms with Gasteiger partial charge in [-0.25, -0.2) is 0 Å². The van der Waals surface area contributed by atoms with Crippen LogP contribution in [0.15, 0.2) is 0 Å². The molecular weight excluding hydrogens is 168 g/mol. The second-order valence-electron chi connectivity index (χ2n) is 3.99. The maximum absolute atomic E-state index is 8.95. The first-order chi connectivity index (χ1) is 6.40. The number of aliphatic hydroxyl groups excluding tert-OH is 1. The average Bonchev–Trinajstić information content (AvgIpc) is 2.41. The Bertz CT molecular complexity index is 160. The fourth-order valence-electron chi connectivity index (χ4n) is 2.20. The third-order valence-corrected chi connectivity index (χ3v) is 2.96. The van der Waals surface area contributed by atoms with Crippen LogP contribution in [0.1, 0.15) is 32.1 Å². The maximum Gasteiger partial charge on any atom is 0.104 e. The van der Waals surface area contributed by atoms with Crippen LogP contribution in [0.5, 0.6) is 0 Å². The molecule has 0 spiro atoms. The fraction of sp³-hybridized carbons (Fsp3) is 1.00. The van der Waals surface area contributed by atoms with Crippen LogP contribution in [0.3, 0.4) is 0 Å². The SMILES string of the molecule is OCC1COC2CCCCCC2O1. The van der Waals surface area contributed by atoms with Gasteiger partial charge >= 0.3 is 0 Å². The van der Waals surface area contributed by atoms with Gasteiger partial charge in [-0.1, -0.05) is 19.3 Å². The zero-order valence-electron chi connectivity index (χ0n) is 7.95. The summed E-state index contributed by atoms with van der Waals surface area (Å²) in [6.45, 7) is 0.654. The van der Waals surface area contributed by atoms with Crippen LogP contribution in [0.25, 0.3) is 0 Å². The van der Waals surface area contributed by atoms with Crippen LogP contribution in [-0.4, -0.2) is 36.6 Å². The molecule has 2 fully saturated rings. The first-order valence-corrected chi connectivity index (χ1v) is 5.28. The van der Waals surface area contributed by atoms with E-state index in [9.17, 15) is 0 Å². The summed E-state index contributed by atoms with van der Waals surface area (Å²) in [5.74, 6) is 0. The molecule has 1 saturated carbocycles. The predicted molar refractivity (Wildman–Crippen MR) is 48.6 cm³/mol. The molecule has 0 amide bonds. The highest BCUT2D eigenvalue weighted by molar-refractivity contribution is 4.80. The molecule has 1 aliphatic carbocycles. The average molecular weight is 186 g/mol. The van der Waals surface area contributed by atoms with Crippen molar-refractivity contribution in [2.24, 2.45) is 0 Å². The molecule has 0 radical (unpaired) electrons. The second-order valence-corrected chi connectivity index (χ2v) is 3.99. The van der Waals surface area contributed by atoms with Crippen LogP contribution in [-0.2, 0) is 9.47 Å². The molecule has 13 heavy (non-hydrogen) atoms. The van der Waals surface area contributed by atoms with E-state index in [0.29, 0.717) is 12.7 Å². The number of rotatable bonds is 1. The van der Waals surface area contributed by atoms with Gasteiger partial charge in [0.05, 0.1) is 25.4 Å². The lowest BCUT2D eigenvalue weighted by Gasteiger charge is -2.35. The molecule has 3 unspecified atom stereocenters. The van der Waals surface area contributed by atoms with Gasteiger partial charge < -0.3 is 14.6 Å². The third kappa shape index (κ3) is 2.22. The molecule has 1 saturated heterocycles. The van der Waals surface area contributed by atoms with E-state index in [1.807, 2.05) is 0 Å². The molecule has 3 heteroatoms. The highest BCUT2D eigenvalue weighted by Crippen LogP contribution is 2.27. The van der Waals surface area contributed by atoms with E-state index in [0.717, 1.165) is 12.8 Å². The normalized spacial score (nSPS) is 40.8. The molecule has 3 nitrogen and oxygen atoms in total. The van der Waals surface area contributed by atoms with Crippen molar-refractivity contribution in [3.8, 4) is 0 Å². The molecule has 0 aromatic carbocycles. The molecule has 2 aliphatic rings. The van der Waals surface area contributed by atoms with Gasteiger partial charge in [-0.15, -0.1) is 0 Å². The van der Waals surface area contributed by atoms with Gasteiger partial charge in [0.15, 0.2) is 0 Å². The minimum absolute atomic E-state index is 0.0839. The zero-order valence-corrected chi connectivity index (χ0v) is 7.95. The number of aliphatic hydroxyl groups is 1. The Hall–Kier alpha value is -0.120. The zero-order chi connectivity index (χ0) is 9.10. The van der Waals surface area contributed by atoms with Crippen LogP contribution < -0.4 is 0 Å². The Morgan fingerprint density at radius 1 is 1.08 bits per heavy atom. The fourth-order valence-corrected chi connectivity index (χ4v) is 2.20. The van der Waals surface area contributed by atoms with Gasteiger partial charge in [0.25, 0.3) is 0 Å².